The number of carbonyl (C=O) groups excluding carboxylic acids is 3. The van der Waals surface area contributed by atoms with E-state index in [1.807, 2.05) is 26.1 Å². The van der Waals surface area contributed by atoms with Gasteiger partial charge in [-0.25, -0.2) is 9.59 Å². The molecular weight excluding hydrogens is 522 g/mol. The number of methoxy groups -OCH3 is 1. The minimum absolute atomic E-state index is 0.104. The zero-order valence-corrected chi connectivity index (χ0v) is 23.3. The van der Waals surface area contributed by atoms with E-state index in [1.165, 1.54) is 6.92 Å². The number of aliphatic hydroxyl groups excluding tert-OH is 1. The van der Waals surface area contributed by atoms with Gasteiger partial charge in [0.15, 0.2) is 17.6 Å². The Kier molecular flexibility index (Phi) is 7.58. The van der Waals surface area contributed by atoms with Crippen LogP contribution in [0.15, 0.2) is 24.0 Å². The molecule has 6 atom stereocenters. The molecule has 0 unspecified atom stereocenters. The van der Waals surface area contributed by atoms with Gasteiger partial charge in [0.2, 0.25) is 6.10 Å². The highest BCUT2D eigenvalue weighted by Crippen LogP contribution is 2.65. The van der Waals surface area contributed by atoms with Crippen LogP contribution in [0.1, 0.15) is 57.1 Å². The van der Waals surface area contributed by atoms with Gasteiger partial charge in [-0.15, -0.1) is 0 Å². The van der Waals surface area contributed by atoms with Gasteiger partial charge in [-0.3, -0.25) is 4.79 Å². The molecule has 40 heavy (non-hydrogen) atoms. The molecule has 2 bridgehead atoms. The number of aliphatic hydroxyl groups is 2. The zero-order chi connectivity index (χ0) is 28.8. The fourth-order valence-electron chi connectivity index (χ4n) is 6.73. The van der Waals surface area contributed by atoms with Crippen molar-refractivity contribution in [1.82, 2.24) is 4.90 Å². The number of likely N-dealkylation sites (N-methyl/N-ethyl adjacent to an activating group) is 1. The number of unbranched alkanes of at least 4 members (excludes halogenated alkanes) is 1. The summed E-state index contributed by atoms with van der Waals surface area (Å²) in [5.41, 5.74) is -0.0621. The molecule has 2 heterocycles. The molecule has 4 aliphatic rings. The third kappa shape index (κ3) is 4.35. The molecule has 2 aliphatic carbocycles. The fourth-order valence-corrected chi connectivity index (χ4v) is 6.73. The van der Waals surface area contributed by atoms with Crippen molar-refractivity contribution in [3.05, 3.63) is 35.1 Å². The number of esters is 3. The van der Waals surface area contributed by atoms with E-state index in [1.54, 1.807) is 13.2 Å². The second kappa shape index (κ2) is 10.7. The molecule has 1 aromatic rings. The highest BCUT2D eigenvalue weighted by Gasteiger charge is 2.72. The SMILES string of the molecule is CCCCOC(=O)[C@H](CC(=O)OC1=CC[C@@]2(O)[C@H]3Cc4ccc(OC)c5c4[C@@]2(CCN3C)[C@H]1O5)OC(=O)[C@H](C)O. The van der Waals surface area contributed by atoms with Gasteiger partial charge in [0.05, 0.1) is 31.2 Å². The lowest BCUT2D eigenvalue weighted by atomic mass is 9.50. The molecule has 0 aromatic heterocycles. The Hall–Kier alpha value is -3.15. The summed E-state index contributed by atoms with van der Waals surface area (Å²) < 4.78 is 28.1. The van der Waals surface area contributed by atoms with Crippen LogP contribution >= 0.6 is 0 Å². The Bertz CT molecular complexity index is 1230. The fraction of sp³-hybridized carbons (Fsp3) is 0.621. The number of piperidine rings is 1. The first-order chi connectivity index (χ1) is 19.1. The molecule has 2 aliphatic heterocycles. The minimum atomic E-state index is -1.58. The topological polar surface area (TPSA) is 141 Å². The van der Waals surface area contributed by atoms with Crippen LogP contribution in [-0.4, -0.2) is 90.3 Å². The molecular formula is C29H37NO10. The zero-order valence-electron chi connectivity index (χ0n) is 23.3. The number of likely N-dealkylation sites (tertiary alicyclic amines) is 1. The Labute approximate surface area is 233 Å². The number of hydrogen-bond donors (Lipinski definition) is 2. The summed E-state index contributed by atoms with van der Waals surface area (Å²) in [7, 11) is 3.56. The van der Waals surface area contributed by atoms with Gasteiger partial charge in [-0.1, -0.05) is 19.4 Å². The van der Waals surface area contributed by atoms with Crippen molar-refractivity contribution < 1.29 is 48.3 Å². The summed E-state index contributed by atoms with van der Waals surface area (Å²) in [4.78, 5) is 40.0. The van der Waals surface area contributed by atoms with Gasteiger partial charge in [0.1, 0.15) is 11.9 Å². The average molecular weight is 560 g/mol. The molecule has 218 valence electrons. The highest BCUT2D eigenvalue weighted by molar-refractivity contribution is 5.85. The molecule has 5 rings (SSSR count). The molecule has 2 N–H and O–H groups in total. The number of hydrogen-bond acceptors (Lipinski definition) is 11. The van der Waals surface area contributed by atoms with Crippen LogP contribution < -0.4 is 9.47 Å². The lowest BCUT2D eigenvalue weighted by Gasteiger charge is -2.61. The predicted octanol–water partition coefficient (Wildman–Crippen LogP) is 1.54. The molecule has 1 saturated heterocycles. The van der Waals surface area contributed by atoms with Crippen molar-refractivity contribution in [3.63, 3.8) is 0 Å². The van der Waals surface area contributed by atoms with Crippen LogP contribution in [0.3, 0.4) is 0 Å². The minimum Gasteiger partial charge on any atom is -0.493 e. The van der Waals surface area contributed by atoms with Crippen molar-refractivity contribution in [1.29, 1.82) is 0 Å². The summed E-state index contributed by atoms with van der Waals surface area (Å²) in [6, 6.07) is 3.70. The normalized spacial score (nSPS) is 29.3. The lowest BCUT2D eigenvalue weighted by molar-refractivity contribution is -0.178. The predicted molar refractivity (Wildman–Crippen MR) is 140 cm³/mol. The summed E-state index contributed by atoms with van der Waals surface area (Å²) in [6.45, 7) is 3.94. The summed E-state index contributed by atoms with van der Waals surface area (Å²) in [5, 5.41) is 21.8. The van der Waals surface area contributed by atoms with E-state index in [4.69, 9.17) is 23.7 Å². The van der Waals surface area contributed by atoms with E-state index in [2.05, 4.69) is 4.90 Å². The van der Waals surface area contributed by atoms with E-state index in [0.29, 0.717) is 37.3 Å². The van der Waals surface area contributed by atoms with Gasteiger partial charge >= 0.3 is 17.9 Å². The van der Waals surface area contributed by atoms with Gasteiger partial charge < -0.3 is 38.8 Å². The van der Waals surface area contributed by atoms with E-state index in [-0.39, 0.29) is 24.8 Å². The summed E-state index contributed by atoms with van der Waals surface area (Å²) in [6.07, 6.45) is 0.0312. The standard InChI is InChI=1S/C29H37NO10/c1-5-6-13-37-27(34)20(39-26(33)16(2)31)15-22(32)38-19-9-10-29(35)21-14-17-7-8-18(36-4)24-23(17)28(29,25(19)40-24)11-12-30(21)3/h7-9,16,20-21,25,31,35H,5-6,10-15H2,1-4H3/t16-,20-,21+,25-,28-,29+/m0/s1. The maximum atomic E-state index is 13.2. The number of carbonyl (C=O) groups is 3. The summed E-state index contributed by atoms with van der Waals surface area (Å²) in [5.74, 6) is -1.49. The molecule has 1 spiro atoms. The Morgan fingerprint density at radius 1 is 1.25 bits per heavy atom. The van der Waals surface area contributed by atoms with Crippen molar-refractivity contribution in [2.45, 2.75) is 87.7 Å². The van der Waals surface area contributed by atoms with Crippen LogP contribution in [0.2, 0.25) is 0 Å². The van der Waals surface area contributed by atoms with Crippen LogP contribution in [0.4, 0.5) is 0 Å². The second-order valence-electron chi connectivity index (χ2n) is 11.1. The summed E-state index contributed by atoms with van der Waals surface area (Å²) >= 11 is 0. The van der Waals surface area contributed by atoms with Crippen molar-refractivity contribution in [2.24, 2.45) is 0 Å². The number of nitrogens with zero attached hydrogens (tertiary/aromatic N) is 1. The number of benzene rings is 1. The van der Waals surface area contributed by atoms with Gasteiger partial charge in [0, 0.05) is 18.0 Å². The van der Waals surface area contributed by atoms with Crippen LogP contribution in [0.25, 0.3) is 0 Å². The van der Waals surface area contributed by atoms with Gasteiger partial charge in [-0.2, -0.15) is 0 Å². The van der Waals surface area contributed by atoms with Crippen LogP contribution in [0.5, 0.6) is 11.5 Å². The highest BCUT2D eigenvalue weighted by atomic mass is 16.6. The third-order valence-electron chi connectivity index (χ3n) is 8.75. The van der Waals surface area contributed by atoms with Gasteiger partial charge in [-0.05, 0) is 57.5 Å². The first-order valence-electron chi connectivity index (χ1n) is 13.8. The molecule has 0 amide bonds. The Morgan fingerprint density at radius 3 is 2.73 bits per heavy atom. The largest absolute Gasteiger partial charge is 0.493 e. The molecule has 0 radical (unpaired) electrons. The molecule has 0 saturated carbocycles. The monoisotopic (exact) mass is 559 g/mol. The van der Waals surface area contributed by atoms with Crippen molar-refractivity contribution >= 4 is 17.9 Å². The third-order valence-corrected chi connectivity index (χ3v) is 8.75. The molecule has 1 fully saturated rings. The van der Waals surface area contributed by atoms with E-state index in [0.717, 1.165) is 17.5 Å². The second-order valence-corrected chi connectivity index (χ2v) is 11.1. The number of rotatable bonds is 10. The molecule has 11 nitrogen and oxygen atoms in total. The average Bonchev–Trinajstić information content (AvgIpc) is 3.27. The lowest BCUT2D eigenvalue weighted by Crippen LogP contribution is -2.74. The maximum Gasteiger partial charge on any atom is 0.348 e. The van der Waals surface area contributed by atoms with Gasteiger partial charge in [0.25, 0.3) is 0 Å². The van der Waals surface area contributed by atoms with Crippen LogP contribution in [-0.2, 0) is 40.4 Å². The van der Waals surface area contributed by atoms with Crippen molar-refractivity contribution in [2.75, 3.05) is 27.3 Å². The smallest absolute Gasteiger partial charge is 0.348 e. The Balaban J connectivity index is 1.42. The molecule has 1 aromatic carbocycles. The van der Waals surface area contributed by atoms with Crippen molar-refractivity contribution in [3.8, 4) is 11.5 Å². The maximum absolute atomic E-state index is 13.2. The van der Waals surface area contributed by atoms with E-state index >= 15 is 0 Å². The Morgan fingerprint density at radius 2 is 2.02 bits per heavy atom. The van der Waals surface area contributed by atoms with E-state index in [9.17, 15) is 24.6 Å². The molecule has 11 heteroatoms. The van der Waals surface area contributed by atoms with Crippen LogP contribution in [0, 0.1) is 0 Å². The quantitative estimate of drug-likeness (QED) is 0.245. The number of ether oxygens (including phenoxy) is 5. The first-order valence-corrected chi connectivity index (χ1v) is 13.8. The first kappa shape index (κ1) is 28.4. The van der Waals surface area contributed by atoms with E-state index < -0.39 is 53.7 Å².